The third-order valence-corrected chi connectivity index (χ3v) is 5.14. The van der Waals surface area contributed by atoms with E-state index >= 15 is 0 Å². The van der Waals surface area contributed by atoms with E-state index in [0.29, 0.717) is 12.2 Å². The van der Waals surface area contributed by atoms with Gasteiger partial charge in [-0.3, -0.25) is 10.1 Å². The zero-order chi connectivity index (χ0) is 15.5. The van der Waals surface area contributed by atoms with Gasteiger partial charge in [-0.1, -0.05) is 19.3 Å². The zero-order valence-corrected chi connectivity index (χ0v) is 13.6. The van der Waals surface area contributed by atoms with E-state index in [9.17, 15) is 10.1 Å². The number of ether oxygens (including phenoxy) is 1. The summed E-state index contributed by atoms with van der Waals surface area (Å²) in [7, 11) is 0. The van der Waals surface area contributed by atoms with Crippen LogP contribution in [0.3, 0.4) is 0 Å². The Hall–Kier alpha value is -1.23. The highest BCUT2D eigenvalue weighted by Gasteiger charge is 2.31. The summed E-state index contributed by atoms with van der Waals surface area (Å²) >= 11 is 4.52. The summed E-state index contributed by atoms with van der Waals surface area (Å²) in [5.74, 6) is 1.59. The van der Waals surface area contributed by atoms with Crippen molar-refractivity contribution in [3.05, 3.63) is 33.4 Å². The van der Waals surface area contributed by atoms with Crippen molar-refractivity contribution in [2.24, 2.45) is 5.41 Å². The third kappa shape index (κ3) is 3.70. The van der Waals surface area contributed by atoms with Crippen LogP contribution in [0.2, 0.25) is 0 Å². The summed E-state index contributed by atoms with van der Waals surface area (Å²) < 4.78 is 6.01. The van der Waals surface area contributed by atoms with Gasteiger partial charge in [0, 0.05) is 17.0 Å². The molecular weight excluding hydrogens is 286 g/mol. The molecule has 1 saturated carbocycles. The van der Waals surface area contributed by atoms with Crippen LogP contribution >= 0.6 is 12.6 Å². The second kappa shape index (κ2) is 6.69. The minimum atomic E-state index is -0.345. The summed E-state index contributed by atoms with van der Waals surface area (Å²) in [4.78, 5) is 10.6. The molecule has 0 aromatic heterocycles. The van der Waals surface area contributed by atoms with Crippen LogP contribution < -0.4 is 4.74 Å². The van der Waals surface area contributed by atoms with Gasteiger partial charge in [-0.05, 0) is 44.1 Å². The van der Waals surface area contributed by atoms with Crippen molar-refractivity contribution >= 4 is 18.3 Å². The van der Waals surface area contributed by atoms with E-state index in [1.54, 1.807) is 19.1 Å². The van der Waals surface area contributed by atoms with E-state index in [1.807, 2.05) is 6.92 Å². The maximum atomic E-state index is 10.9. The molecule has 0 aliphatic heterocycles. The summed E-state index contributed by atoms with van der Waals surface area (Å²) in [6, 6.07) is 3.38. The standard InChI is InChI=1S/C16H23NO3S/c1-12-9-15(13(2)8-14(12)17(18)19)20-10-16(11-21)6-4-3-5-7-16/h8-9,21H,3-7,10-11H2,1-2H3. The van der Waals surface area contributed by atoms with Crippen LogP contribution in [0, 0.1) is 29.4 Å². The highest BCUT2D eigenvalue weighted by atomic mass is 32.1. The molecule has 4 nitrogen and oxygen atoms in total. The van der Waals surface area contributed by atoms with Crippen LogP contribution in [0.5, 0.6) is 5.75 Å². The topological polar surface area (TPSA) is 52.4 Å². The molecule has 0 heterocycles. The van der Waals surface area contributed by atoms with Crippen LogP contribution in [0.15, 0.2) is 12.1 Å². The summed E-state index contributed by atoms with van der Waals surface area (Å²) in [5.41, 5.74) is 1.77. The van der Waals surface area contributed by atoms with E-state index in [4.69, 9.17) is 4.74 Å². The number of thiol groups is 1. The first kappa shape index (κ1) is 16.1. The molecule has 0 spiro atoms. The lowest BCUT2D eigenvalue weighted by atomic mass is 9.76. The normalized spacial score (nSPS) is 17.5. The van der Waals surface area contributed by atoms with Crippen molar-refractivity contribution in [1.29, 1.82) is 0 Å². The van der Waals surface area contributed by atoms with Gasteiger partial charge in [-0.15, -0.1) is 0 Å². The summed E-state index contributed by atoms with van der Waals surface area (Å²) in [6.07, 6.45) is 6.08. The number of nitro groups is 1. The number of hydrogen-bond donors (Lipinski definition) is 1. The lowest BCUT2D eigenvalue weighted by Gasteiger charge is -2.35. The molecule has 116 valence electrons. The Balaban J connectivity index is 2.12. The quantitative estimate of drug-likeness (QED) is 0.496. The van der Waals surface area contributed by atoms with Gasteiger partial charge in [0.15, 0.2) is 0 Å². The Morgan fingerprint density at radius 2 is 1.90 bits per heavy atom. The Morgan fingerprint density at radius 1 is 1.24 bits per heavy atom. The van der Waals surface area contributed by atoms with Crippen LogP contribution in [0.4, 0.5) is 5.69 Å². The lowest BCUT2D eigenvalue weighted by Crippen LogP contribution is -2.33. The molecule has 1 aliphatic rings. The maximum Gasteiger partial charge on any atom is 0.272 e. The average Bonchev–Trinajstić information content (AvgIpc) is 2.48. The van der Waals surface area contributed by atoms with Crippen LogP contribution in [0.25, 0.3) is 0 Å². The van der Waals surface area contributed by atoms with E-state index in [2.05, 4.69) is 12.6 Å². The summed E-state index contributed by atoms with van der Waals surface area (Å²) in [5, 5.41) is 10.9. The van der Waals surface area contributed by atoms with Crippen molar-refractivity contribution in [1.82, 2.24) is 0 Å². The second-order valence-electron chi connectivity index (χ2n) is 6.17. The highest BCUT2D eigenvalue weighted by molar-refractivity contribution is 7.80. The molecule has 0 unspecified atom stereocenters. The molecule has 1 aliphatic carbocycles. The lowest BCUT2D eigenvalue weighted by molar-refractivity contribution is -0.385. The largest absolute Gasteiger partial charge is 0.493 e. The van der Waals surface area contributed by atoms with Crippen LogP contribution in [0.1, 0.15) is 43.2 Å². The van der Waals surface area contributed by atoms with Crippen molar-refractivity contribution in [3.8, 4) is 5.75 Å². The monoisotopic (exact) mass is 309 g/mol. The molecule has 1 aromatic rings. The first-order valence-corrected chi connectivity index (χ1v) is 8.10. The number of benzene rings is 1. The summed E-state index contributed by atoms with van der Waals surface area (Å²) in [6.45, 7) is 4.25. The van der Waals surface area contributed by atoms with Gasteiger partial charge >= 0.3 is 0 Å². The molecule has 0 amide bonds. The van der Waals surface area contributed by atoms with Crippen molar-refractivity contribution in [2.75, 3.05) is 12.4 Å². The van der Waals surface area contributed by atoms with Gasteiger partial charge in [0.2, 0.25) is 0 Å². The molecule has 0 saturated heterocycles. The fourth-order valence-electron chi connectivity index (χ4n) is 3.01. The van der Waals surface area contributed by atoms with Gasteiger partial charge in [0.25, 0.3) is 5.69 Å². The molecule has 0 radical (unpaired) electrons. The number of aryl methyl sites for hydroxylation is 2. The fraction of sp³-hybridized carbons (Fsp3) is 0.625. The van der Waals surface area contributed by atoms with Gasteiger partial charge in [0.05, 0.1) is 11.5 Å². The SMILES string of the molecule is Cc1cc([N+](=O)[O-])c(C)cc1OCC1(CS)CCCCC1. The molecule has 0 atom stereocenters. The third-order valence-electron chi connectivity index (χ3n) is 4.47. The zero-order valence-electron chi connectivity index (χ0n) is 12.7. The first-order chi connectivity index (χ1) is 9.97. The fourth-order valence-corrected chi connectivity index (χ4v) is 3.41. The predicted octanol–water partition coefficient (Wildman–Crippen LogP) is 4.47. The Morgan fingerprint density at radius 3 is 2.48 bits per heavy atom. The maximum absolute atomic E-state index is 10.9. The minimum Gasteiger partial charge on any atom is -0.493 e. The van der Waals surface area contributed by atoms with E-state index < -0.39 is 0 Å². The minimum absolute atomic E-state index is 0.154. The molecule has 21 heavy (non-hydrogen) atoms. The van der Waals surface area contributed by atoms with Crippen molar-refractivity contribution in [2.45, 2.75) is 46.0 Å². The number of nitro benzene ring substituents is 1. The Bertz CT molecular complexity index is 524. The highest BCUT2D eigenvalue weighted by Crippen LogP contribution is 2.38. The van der Waals surface area contributed by atoms with E-state index in [0.717, 1.165) is 29.9 Å². The van der Waals surface area contributed by atoms with Gasteiger partial charge in [-0.25, -0.2) is 0 Å². The Kier molecular flexibility index (Phi) is 5.14. The van der Waals surface area contributed by atoms with Crippen molar-refractivity contribution in [3.63, 3.8) is 0 Å². The molecule has 2 rings (SSSR count). The van der Waals surface area contributed by atoms with Crippen molar-refractivity contribution < 1.29 is 9.66 Å². The van der Waals surface area contributed by atoms with Gasteiger partial charge in [0.1, 0.15) is 5.75 Å². The molecule has 5 heteroatoms. The van der Waals surface area contributed by atoms with E-state index in [-0.39, 0.29) is 16.0 Å². The molecular formula is C16H23NO3S. The first-order valence-electron chi connectivity index (χ1n) is 7.47. The predicted molar refractivity (Wildman–Crippen MR) is 87.4 cm³/mol. The van der Waals surface area contributed by atoms with E-state index in [1.165, 1.54) is 19.3 Å². The van der Waals surface area contributed by atoms with Gasteiger partial charge < -0.3 is 4.74 Å². The number of rotatable bonds is 5. The molecule has 1 aromatic carbocycles. The van der Waals surface area contributed by atoms with Crippen LogP contribution in [-0.2, 0) is 0 Å². The van der Waals surface area contributed by atoms with Gasteiger partial charge in [-0.2, -0.15) is 12.6 Å². The Labute approximate surface area is 131 Å². The average molecular weight is 309 g/mol. The smallest absolute Gasteiger partial charge is 0.272 e. The molecule has 0 bridgehead atoms. The second-order valence-corrected chi connectivity index (χ2v) is 6.48. The molecule has 0 N–H and O–H groups in total. The number of nitrogens with zero attached hydrogens (tertiary/aromatic N) is 1. The molecule has 1 fully saturated rings. The number of hydrogen-bond acceptors (Lipinski definition) is 4. The van der Waals surface area contributed by atoms with Crippen LogP contribution in [-0.4, -0.2) is 17.3 Å².